The van der Waals surface area contributed by atoms with E-state index >= 15 is 0 Å². The molecule has 0 heterocycles. The molecule has 6 heteroatoms. The van der Waals surface area contributed by atoms with E-state index in [0.717, 1.165) is 5.56 Å². The molecule has 0 saturated carbocycles. The number of benzene rings is 2. The Balaban J connectivity index is 2.26. The summed E-state index contributed by atoms with van der Waals surface area (Å²) in [5, 5.41) is 27.8. The van der Waals surface area contributed by atoms with E-state index in [1.165, 1.54) is 18.2 Å². The van der Waals surface area contributed by atoms with Crippen molar-refractivity contribution >= 4 is 17.1 Å². The van der Waals surface area contributed by atoms with Crippen LogP contribution >= 0.6 is 0 Å². The Bertz CT molecular complexity index is 636. The SMILES string of the molecule is Cc1ccc(N=Nc2ccc(O)c([N+](=O)[O-])c2)cc1. The molecular formula is C13H11N3O3. The van der Waals surface area contributed by atoms with Crippen LogP contribution in [-0.2, 0) is 0 Å². The zero-order valence-corrected chi connectivity index (χ0v) is 10.1. The number of nitro benzene ring substituents is 1. The molecule has 0 aliphatic carbocycles. The van der Waals surface area contributed by atoms with Crippen LogP contribution < -0.4 is 0 Å². The summed E-state index contributed by atoms with van der Waals surface area (Å²) in [6.45, 7) is 1.96. The van der Waals surface area contributed by atoms with E-state index in [0.29, 0.717) is 11.4 Å². The van der Waals surface area contributed by atoms with Gasteiger partial charge in [0, 0.05) is 6.07 Å². The lowest BCUT2D eigenvalue weighted by Crippen LogP contribution is -1.87. The molecule has 2 aromatic rings. The molecule has 0 unspecified atom stereocenters. The number of nitro groups is 1. The Hall–Kier alpha value is -2.76. The van der Waals surface area contributed by atoms with Crippen LogP contribution in [0.2, 0.25) is 0 Å². The predicted octanol–water partition coefficient (Wildman–Crippen LogP) is 4.02. The molecule has 19 heavy (non-hydrogen) atoms. The molecule has 0 aliphatic heterocycles. The lowest BCUT2D eigenvalue weighted by atomic mass is 10.2. The first-order valence-electron chi connectivity index (χ1n) is 5.52. The third kappa shape index (κ3) is 3.12. The minimum absolute atomic E-state index is 0.310. The lowest BCUT2D eigenvalue weighted by Gasteiger charge is -1.97. The van der Waals surface area contributed by atoms with Gasteiger partial charge in [-0.15, -0.1) is 0 Å². The van der Waals surface area contributed by atoms with Crippen LogP contribution in [0.3, 0.4) is 0 Å². The second kappa shape index (κ2) is 5.26. The Kier molecular flexibility index (Phi) is 3.51. The Labute approximate surface area is 109 Å². The number of hydrogen-bond donors (Lipinski definition) is 1. The highest BCUT2D eigenvalue weighted by Crippen LogP contribution is 2.30. The van der Waals surface area contributed by atoms with Gasteiger partial charge in [0.1, 0.15) is 0 Å². The minimum atomic E-state index is -0.666. The summed E-state index contributed by atoms with van der Waals surface area (Å²) in [6, 6.07) is 11.2. The summed E-state index contributed by atoms with van der Waals surface area (Å²) >= 11 is 0. The summed E-state index contributed by atoms with van der Waals surface area (Å²) in [4.78, 5) is 9.99. The van der Waals surface area contributed by atoms with E-state index in [4.69, 9.17) is 0 Å². The fraction of sp³-hybridized carbons (Fsp3) is 0.0769. The summed E-state index contributed by atoms with van der Waals surface area (Å²) < 4.78 is 0. The highest BCUT2D eigenvalue weighted by Gasteiger charge is 2.13. The van der Waals surface area contributed by atoms with Gasteiger partial charge in [-0.2, -0.15) is 10.2 Å². The Morgan fingerprint density at radius 2 is 1.63 bits per heavy atom. The number of phenols is 1. The summed E-state index contributed by atoms with van der Waals surface area (Å²) in [5.41, 5.74) is 1.69. The molecule has 0 radical (unpaired) electrons. The van der Waals surface area contributed by atoms with Gasteiger partial charge in [-0.05, 0) is 31.2 Å². The average molecular weight is 257 g/mol. The molecule has 1 N–H and O–H groups in total. The zero-order chi connectivity index (χ0) is 13.8. The third-order valence-electron chi connectivity index (χ3n) is 2.47. The van der Waals surface area contributed by atoms with Gasteiger partial charge >= 0.3 is 5.69 Å². The van der Waals surface area contributed by atoms with Crippen molar-refractivity contribution in [1.29, 1.82) is 0 Å². The van der Waals surface area contributed by atoms with Crippen LogP contribution in [0.15, 0.2) is 52.7 Å². The molecule has 0 aliphatic rings. The topological polar surface area (TPSA) is 88.1 Å². The Morgan fingerprint density at radius 3 is 2.26 bits per heavy atom. The quantitative estimate of drug-likeness (QED) is 0.511. The maximum atomic E-state index is 10.7. The second-order valence-electron chi connectivity index (χ2n) is 3.97. The summed E-state index contributed by atoms with van der Waals surface area (Å²) in [6.07, 6.45) is 0. The van der Waals surface area contributed by atoms with Gasteiger partial charge < -0.3 is 5.11 Å². The van der Waals surface area contributed by atoms with Gasteiger partial charge in [-0.1, -0.05) is 17.7 Å². The van der Waals surface area contributed by atoms with Gasteiger partial charge in [0.15, 0.2) is 5.75 Å². The first kappa shape index (κ1) is 12.7. The van der Waals surface area contributed by atoms with E-state index in [2.05, 4.69) is 10.2 Å². The number of nitrogens with zero attached hydrogens (tertiary/aromatic N) is 3. The number of hydrogen-bond acceptors (Lipinski definition) is 5. The molecule has 0 saturated heterocycles. The number of phenolic OH excluding ortho intramolecular Hbond substituents is 1. The van der Waals surface area contributed by atoms with E-state index in [9.17, 15) is 15.2 Å². The van der Waals surface area contributed by atoms with Crippen LogP contribution in [0.5, 0.6) is 5.75 Å². The van der Waals surface area contributed by atoms with Gasteiger partial charge in [-0.3, -0.25) is 10.1 Å². The predicted molar refractivity (Wildman–Crippen MR) is 70.1 cm³/mol. The molecule has 96 valence electrons. The first-order chi connectivity index (χ1) is 9.06. The van der Waals surface area contributed by atoms with E-state index in [1.807, 2.05) is 19.1 Å². The molecule has 6 nitrogen and oxygen atoms in total. The van der Waals surface area contributed by atoms with Gasteiger partial charge in [-0.25, -0.2) is 0 Å². The van der Waals surface area contributed by atoms with Gasteiger partial charge in [0.05, 0.1) is 16.3 Å². The number of rotatable bonds is 3. The second-order valence-corrected chi connectivity index (χ2v) is 3.97. The number of aryl methyl sites for hydroxylation is 1. The maximum Gasteiger partial charge on any atom is 0.312 e. The van der Waals surface area contributed by atoms with Crippen LogP contribution in [0.1, 0.15) is 5.56 Å². The van der Waals surface area contributed by atoms with Crippen molar-refractivity contribution in [1.82, 2.24) is 0 Å². The highest BCUT2D eigenvalue weighted by atomic mass is 16.6. The third-order valence-corrected chi connectivity index (χ3v) is 2.47. The van der Waals surface area contributed by atoms with Crippen molar-refractivity contribution in [2.75, 3.05) is 0 Å². The normalized spacial score (nSPS) is 10.8. The molecule has 0 aromatic heterocycles. The fourth-order valence-electron chi connectivity index (χ4n) is 1.45. The van der Waals surface area contributed by atoms with Crippen LogP contribution in [-0.4, -0.2) is 10.0 Å². The molecule has 2 rings (SSSR count). The monoisotopic (exact) mass is 257 g/mol. The van der Waals surface area contributed by atoms with Crippen LogP contribution in [0.4, 0.5) is 17.1 Å². The number of azo groups is 1. The first-order valence-corrected chi connectivity index (χ1v) is 5.52. The van der Waals surface area contributed by atoms with Crippen molar-refractivity contribution in [3.05, 3.63) is 58.1 Å². The highest BCUT2D eigenvalue weighted by molar-refractivity contribution is 5.55. The minimum Gasteiger partial charge on any atom is -0.502 e. The molecule has 0 bridgehead atoms. The maximum absolute atomic E-state index is 10.7. The van der Waals surface area contributed by atoms with E-state index in [1.54, 1.807) is 12.1 Å². The van der Waals surface area contributed by atoms with Crippen molar-refractivity contribution in [3.63, 3.8) is 0 Å². The zero-order valence-electron chi connectivity index (χ0n) is 10.1. The van der Waals surface area contributed by atoms with Crippen LogP contribution in [0, 0.1) is 17.0 Å². The van der Waals surface area contributed by atoms with Crippen LogP contribution in [0.25, 0.3) is 0 Å². The average Bonchev–Trinajstić information content (AvgIpc) is 2.39. The van der Waals surface area contributed by atoms with Gasteiger partial charge in [0.25, 0.3) is 0 Å². The molecular weight excluding hydrogens is 246 g/mol. The fourth-order valence-corrected chi connectivity index (χ4v) is 1.45. The molecule has 0 spiro atoms. The molecule has 0 amide bonds. The lowest BCUT2D eigenvalue weighted by molar-refractivity contribution is -0.385. The summed E-state index contributed by atoms with van der Waals surface area (Å²) in [7, 11) is 0. The number of aromatic hydroxyl groups is 1. The van der Waals surface area contributed by atoms with Crippen molar-refractivity contribution in [3.8, 4) is 5.75 Å². The van der Waals surface area contributed by atoms with E-state index < -0.39 is 4.92 Å². The largest absolute Gasteiger partial charge is 0.502 e. The van der Waals surface area contributed by atoms with Crippen molar-refractivity contribution < 1.29 is 10.0 Å². The van der Waals surface area contributed by atoms with Crippen molar-refractivity contribution in [2.45, 2.75) is 6.92 Å². The van der Waals surface area contributed by atoms with Gasteiger partial charge in [0.2, 0.25) is 0 Å². The smallest absolute Gasteiger partial charge is 0.312 e. The summed E-state index contributed by atoms with van der Waals surface area (Å²) in [5.74, 6) is -0.390. The van der Waals surface area contributed by atoms with Crippen molar-refractivity contribution in [2.24, 2.45) is 10.2 Å². The molecule has 2 aromatic carbocycles. The van der Waals surface area contributed by atoms with E-state index in [-0.39, 0.29) is 11.4 Å². The Morgan fingerprint density at radius 1 is 1.05 bits per heavy atom. The molecule has 0 atom stereocenters. The molecule has 0 fully saturated rings. The standard InChI is InChI=1S/C13H11N3O3/c1-9-2-4-10(5-3-9)14-15-11-6-7-13(17)12(8-11)16(18)19/h2-8,17H,1H3.